The summed E-state index contributed by atoms with van der Waals surface area (Å²) in [5, 5.41) is 0. The average Bonchev–Trinajstić information content (AvgIpc) is 2.15. The molecule has 16 heavy (non-hydrogen) atoms. The summed E-state index contributed by atoms with van der Waals surface area (Å²) in [5.74, 6) is 2.77. The maximum atomic E-state index is 11.8. The van der Waals surface area contributed by atoms with E-state index in [1.54, 1.807) is 6.92 Å². The average molecular weight is 225 g/mol. The summed E-state index contributed by atoms with van der Waals surface area (Å²) in [6, 6.07) is 0.439. The van der Waals surface area contributed by atoms with Gasteiger partial charge in [0.15, 0.2) is 0 Å². The van der Waals surface area contributed by atoms with Gasteiger partial charge < -0.3 is 4.90 Å². The largest absolute Gasteiger partial charge is 0.339 e. The Balaban J connectivity index is 2.94. The number of carbonyl (C=O) groups is 1. The topological polar surface area (TPSA) is 20.3 Å². The van der Waals surface area contributed by atoms with E-state index in [0.717, 1.165) is 6.54 Å². The monoisotopic (exact) mass is 225 g/mol. The van der Waals surface area contributed by atoms with E-state index in [0.29, 0.717) is 29.7 Å². The van der Waals surface area contributed by atoms with Crippen molar-refractivity contribution >= 4 is 5.91 Å². The highest BCUT2D eigenvalue weighted by Crippen LogP contribution is 2.36. The zero-order valence-corrected chi connectivity index (χ0v) is 11.7. The van der Waals surface area contributed by atoms with Crippen LogP contribution in [0.3, 0.4) is 0 Å². The molecule has 1 heterocycles. The first-order valence-electron chi connectivity index (χ1n) is 6.61. The Morgan fingerprint density at radius 2 is 1.75 bits per heavy atom. The van der Waals surface area contributed by atoms with Crippen molar-refractivity contribution in [1.29, 1.82) is 0 Å². The van der Waals surface area contributed by atoms with Gasteiger partial charge in [-0.15, -0.1) is 0 Å². The summed E-state index contributed by atoms with van der Waals surface area (Å²) in [6.07, 6.45) is 1.27. The number of hydrogen-bond donors (Lipinski definition) is 0. The molecule has 3 unspecified atom stereocenters. The highest BCUT2D eigenvalue weighted by atomic mass is 16.2. The molecule has 2 heteroatoms. The third kappa shape index (κ3) is 2.78. The van der Waals surface area contributed by atoms with Crippen molar-refractivity contribution in [1.82, 2.24) is 4.90 Å². The van der Waals surface area contributed by atoms with Crippen molar-refractivity contribution in [3.63, 3.8) is 0 Å². The Labute approximate surface area is 100 Å². The van der Waals surface area contributed by atoms with E-state index in [1.807, 2.05) is 0 Å². The highest BCUT2D eigenvalue weighted by molar-refractivity contribution is 5.73. The van der Waals surface area contributed by atoms with Crippen LogP contribution in [0, 0.1) is 23.7 Å². The smallest absolute Gasteiger partial charge is 0.219 e. The summed E-state index contributed by atoms with van der Waals surface area (Å²) in [5.41, 5.74) is 0. The molecule has 1 amide bonds. The second-order valence-electron chi connectivity index (χ2n) is 6.15. The SMILES string of the molecule is CC(=O)N1CC(C)CC(C(C)C)C1C(C)C. The number of carbonyl (C=O) groups excluding carboxylic acids is 1. The maximum absolute atomic E-state index is 11.8. The Morgan fingerprint density at radius 1 is 1.19 bits per heavy atom. The van der Waals surface area contributed by atoms with Crippen LogP contribution in [-0.4, -0.2) is 23.4 Å². The lowest BCUT2D eigenvalue weighted by atomic mass is 9.73. The summed E-state index contributed by atoms with van der Waals surface area (Å²) in [4.78, 5) is 13.9. The van der Waals surface area contributed by atoms with E-state index in [4.69, 9.17) is 0 Å². The molecule has 0 saturated carbocycles. The predicted molar refractivity (Wildman–Crippen MR) is 68.1 cm³/mol. The highest BCUT2D eigenvalue weighted by Gasteiger charge is 2.38. The number of piperidine rings is 1. The van der Waals surface area contributed by atoms with E-state index < -0.39 is 0 Å². The van der Waals surface area contributed by atoms with Crippen molar-refractivity contribution in [2.45, 2.75) is 54.0 Å². The third-order valence-electron chi connectivity index (χ3n) is 3.93. The van der Waals surface area contributed by atoms with Crippen molar-refractivity contribution in [3.05, 3.63) is 0 Å². The minimum atomic E-state index is 0.246. The van der Waals surface area contributed by atoms with Gasteiger partial charge in [0.25, 0.3) is 0 Å². The zero-order valence-electron chi connectivity index (χ0n) is 11.7. The normalized spacial score (nSPS) is 31.2. The van der Waals surface area contributed by atoms with Gasteiger partial charge in [-0.05, 0) is 30.1 Å². The van der Waals surface area contributed by atoms with Crippen molar-refractivity contribution < 1.29 is 4.79 Å². The molecule has 94 valence electrons. The number of amides is 1. The molecule has 1 aliphatic rings. The molecule has 3 atom stereocenters. The van der Waals surface area contributed by atoms with Crippen molar-refractivity contribution in [2.75, 3.05) is 6.54 Å². The molecule has 0 aliphatic carbocycles. The van der Waals surface area contributed by atoms with Crippen LogP contribution in [0.15, 0.2) is 0 Å². The summed E-state index contributed by atoms with van der Waals surface area (Å²) in [7, 11) is 0. The lowest BCUT2D eigenvalue weighted by Crippen LogP contribution is -2.54. The molecule has 0 N–H and O–H groups in total. The number of hydrogen-bond acceptors (Lipinski definition) is 1. The van der Waals surface area contributed by atoms with Gasteiger partial charge >= 0.3 is 0 Å². The molecule has 1 rings (SSSR count). The van der Waals surface area contributed by atoms with Crippen LogP contribution in [-0.2, 0) is 4.79 Å². The molecule has 1 fully saturated rings. The first-order chi connectivity index (χ1) is 7.34. The number of likely N-dealkylation sites (tertiary alicyclic amines) is 1. The fourth-order valence-electron chi connectivity index (χ4n) is 3.23. The van der Waals surface area contributed by atoms with Crippen LogP contribution in [0.2, 0.25) is 0 Å². The van der Waals surface area contributed by atoms with Crippen LogP contribution in [0.25, 0.3) is 0 Å². The Morgan fingerprint density at radius 3 is 2.12 bits per heavy atom. The molecule has 1 saturated heterocycles. The molecule has 0 bridgehead atoms. The van der Waals surface area contributed by atoms with E-state index in [2.05, 4.69) is 39.5 Å². The van der Waals surface area contributed by atoms with E-state index in [1.165, 1.54) is 6.42 Å². The Bertz CT molecular complexity index is 247. The second kappa shape index (κ2) is 5.20. The summed E-state index contributed by atoms with van der Waals surface area (Å²) >= 11 is 0. The predicted octanol–water partition coefficient (Wildman–Crippen LogP) is 3.17. The molecule has 0 aromatic rings. The Kier molecular flexibility index (Phi) is 4.40. The van der Waals surface area contributed by atoms with Crippen molar-refractivity contribution in [2.24, 2.45) is 23.7 Å². The standard InChI is InChI=1S/C14H27NO/c1-9(2)13-7-11(5)8-15(12(6)16)14(13)10(3)4/h9-11,13-14H,7-8H2,1-6H3. The lowest BCUT2D eigenvalue weighted by Gasteiger charge is -2.47. The lowest BCUT2D eigenvalue weighted by molar-refractivity contribution is -0.138. The summed E-state index contributed by atoms with van der Waals surface area (Å²) < 4.78 is 0. The molecule has 2 nitrogen and oxygen atoms in total. The number of rotatable bonds is 2. The first-order valence-corrected chi connectivity index (χ1v) is 6.61. The molecule has 1 aliphatic heterocycles. The van der Waals surface area contributed by atoms with Crippen LogP contribution >= 0.6 is 0 Å². The minimum absolute atomic E-state index is 0.246. The van der Waals surface area contributed by atoms with Gasteiger partial charge in [-0.3, -0.25) is 4.79 Å². The van der Waals surface area contributed by atoms with Gasteiger partial charge in [-0.1, -0.05) is 34.6 Å². The molecule has 0 aromatic heterocycles. The Hall–Kier alpha value is -0.530. The maximum Gasteiger partial charge on any atom is 0.219 e. The van der Waals surface area contributed by atoms with E-state index >= 15 is 0 Å². The van der Waals surface area contributed by atoms with Gasteiger partial charge in [0.2, 0.25) is 5.91 Å². The molecular formula is C14H27NO. The van der Waals surface area contributed by atoms with E-state index in [-0.39, 0.29) is 5.91 Å². The third-order valence-corrected chi connectivity index (χ3v) is 3.93. The van der Waals surface area contributed by atoms with Gasteiger partial charge in [0, 0.05) is 19.5 Å². The van der Waals surface area contributed by atoms with Gasteiger partial charge in [-0.25, -0.2) is 0 Å². The van der Waals surface area contributed by atoms with Crippen LogP contribution in [0.5, 0.6) is 0 Å². The quantitative estimate of drug-likeness (QED) is 0.707. The van der Waals surface area contributed by atoms with Gasteiger partial charge in [0.1, 0.15) is 0 Å². The van der Waals surface area contributed by atoms with Crippen LogP contribution in [0.4, 0.5) is 0 Å². The second-order valence-corrected chi connectivity index (χ2v) is 6.15. The van der Waals surface area contributed by atoms with E-state index in [9.17, 15) is 4.79 Å². The molecule has 0 spiro atoms. The van der Waals surface area contributed by atoms with Gasteiger partial charge in [-0.2, -0.15) is 0 Å². The minimum Gasteiger partial charge on any atom is -0.339 e. The molecule has 0 aromatic carbocycles. The van der Waals surface area contributed by atoms with Crippen LogP contribution < -0.4 is 0 Å². The fourth-order valence-corrected chi connectivity index (χ4v) is 3.23. The zero-order chi connectivity index (χ0) is 12.5. The van der Waals surface area contributed by atoms with Crippen LogP contribution in [0.1, 0.15) is 48.0 Å². The molecule has 0 radical (unpaired) electrons. The first kappa shape index (κ1) is 13.5. The van der Waals surface area contributed by atoms with Gasteiger partial charge in [0.05, 0.1) is 0 Å². The fraction of sp³-hybridized carbons (Fsp3) is 0.929. The summed E-state index contributed by atoms with van der Waals surface area (Å²) in [6.45, 7) is 14.0. The number of nitrogens with zero attached hydrogens (tertiary/aromatic N) is 1. The molecular weight excluding hydrogens is 198 g/mol. The van der Waals surface area contributed by atoms with Crippen molar-refractivity contribution in [3.8, 4) is 0 Å².